The fraction of sp³-hybridized carbons (Fsp3) is 0.143. The number of rotatable bonds is 4. The van der Waals surface area contributed by atoms with E-state index in [1.165, 1.54) is 18.8 Å². The molecule has 0 radical (unpaired) electrons. The van der Waals surface area contributed by atoms with Gasteiger partial charge in [0.25, 0.3) is 0 Å². The number of halogens is 1. The second-order valence-electron chi connectivity index (χ2n) is 4.57. The van der Waals surface area contributed by atoms with Gasteiger partial charge in [-0.2, -0.15) is 0 Å². The summed E-state index contributed by atoms with van der Waals surface area (Å²) >= 11 is 5.84. The van der Waals surface area contributed by atoms with Gasteiger partial charge >= 0.3 is 5.97 Å². The van der Waals surface area contributed by atoms with Gasteiger partial charge in [-0.3, -0.25) is 0 Å². The van der Waals surface area contributed by atoms with E-state index in [0.717, 1.165) is 0 Å². The number of carboxylic acid groups (broad SMARTS) is 1. The molecule has 0 saturated heterocycles. The highest BCUT2D eigenvalue weighted by Gasteiger charge is 2.18. The molecule has 0 fully saturated rings. The van der Waals surface area contributed by atoms with Crippen molar-refractivity contribution in [2.24, 2.45) is 0 Å². The highest BCUT2D eigenvalue weighted by Crippen LogP contribution is 2.26. The van der Waals surface area contributed by atoms with Crippen molar-refractivity contribution in [2.75, 3.05) is 0 Å². The van der Waals surface area contributed by atoms with Gasteiger partial charge in [0.1, 0.15) is 5.76 Å². The first-order valence-corrected chi connectivity index (χ1v) is 6.65. The predicted molar refractivity (Wildman–Crippen MR) is 75.7 cm³/mol. The van der Waals surface area contributed by atoms with Crippen LogP contribution in [0.15, 0.2) is 33.7 Å². The quantitative estimate of drug-likeness (QED) is 0.737. The maximum atomic E-state index is 11.0. The fourth-order valence-electron chi connectivity index (χ4n) is 2.09. The Kier molecular flexibility index (Phi) is 3.64. The van der Waals surface area contributed by atoms with Gasteiger partial charge in [0, 0.05) is 18.2 Å². The fourth-order valence-corrected chi connectivity index (χ4v) is 2.25. The molecule has 1 N–H and O–H groups in total. The molecule has 0 saturated carbocycles. The molecule has 0 amide bonds. The van der Waals surface area contributed by atoms with E-state index in [1.807, 2.05) is 0 Å². The number of oxazole rings is 1. The molecular weight excluding hydrogens is 310 g/mol. The first-order chi connectivity index (χ1) is 10.5. The Balaban J connectivity index is 2.00. The average molecular weight is 320 g/mol. The number of hydrogen-bond donors (Lipinski definition) is 1. The number of nitrogens with zero attached hydrogens (tertiary/aromatic N) is 3. The Morgan fingerprint density at radius 1 is 1.41 bits per heavy atom. The minimum Gasteiger partial charge on any atom is -0.475 e. The lowest BCUT2D eigenvalue weighted by atomic mass is 10.1. The van der Waals surface area contributed by atoms with Crippen LogP contribution in [-0.2, 0) is 6.42 Å². The zero-order valence-electron chi connectivity index (χ0n) is 11.4. The summed E-state index contributed by atoms with van der Waals surface area (Å²) in [7, 11) is 0. The molecule has 0 bridgehead atoms. The standard InChI is InChI=1S/C14H10ClN3O4/c1-7-2-8(22-12(7)13(19)20)3-10-9(4-17-14(15)18-10)11-5-16-6-21-11/h2,4-6H,3H2,1H3,(H,19,20). The lowest BCUT2D eigenvalue weighted by molar-refractivity contribution is 0.0659. The van der Waals surface area contributed by atoms with Gasteiger partial charge in [0.2, 0.25) is 11.0 Å². The van der Waals surface area contributed by atoms with E-state index >= 15 is 0 Å². The van der Waals surface area contributed by atoms with Crippen LogP contribution in [0.25, 0.3) is 11.3 Å². The Hall–Kier alpha value is -2.67. The second kappa shape index (κ2) is 5.61. The van der Waals surface area contributed by atoms with E-state index in [0.29, 0.717) is 28.3 Å². The number of aromatic carboxylic acids is 1. The van der Waals surface area contributed by atoms with Crippen molar-refractivity contribution >= 4 is 17.6 Å². The minimum atomic E-state index is -1.11. The van der Waals surface area contributed by atoms with Crippen LogP contribution in [0.4, 0.5) is 0 Å². The van der Waals surface area contributed by atoms with E-state index in [1.54, 1.807) is 13.0 Å². The first kappa shape index (κ1) is 14.3. The molecule has 3 aromatic heterocycles. The third-order valence-corrected chi connectivity index (χ3v) is 3.22. The first-order valence-electron chi connectivity index (χ1n) is 6.27. The summed E-state index contributed by atoms with van der Waals surface area (Å²) in [6.07, 6.45) is 4.62. The molecular formula is C14H10ClN3O4. The largest absolute Gasteiger partial charge is 0.475 e. The third-order valence-electron chi connectivity index (χ3n) is 3.04. The molecule has 0 atom stereocenters. The van der Waals surface area contributed by atoms with Crippen LogP contribution in [0.5, 0.6) is 0 Å². The summed E-state index contributed by atoms with van der Waals surface area (Å²) in [5.74, 6) is -0.241. The van der Waals surface area contributed by atoms with Crippen molar-refractivity contribution in [3.05, 3.63) is 52.9 Å². The van der Waals surface area contributed by atoms with E-state index in [2.05, 4.69) is 15.0 Å². The molecule has 0 unspecified atom stereocenters. The van der Waals surface area contributed by atoms with Crippen molar-refractivity contribution in [1.29, 1.82) is 0 Å². The summed E-state index contributed by atoms with van der Waals surface area (Å²) in [5.41, 5.74) is 1.72. The zero-order chi connectivity index (χ0) is 15.7. The maximum Gasteiger partial charge on any atom is 0.372 e. The van der Waals surface area contributed by atoms with Crippen molar-refractivity contribution in [3.63, 3.8) is 0 Å². The molecule has 22 heavy (non-hydrogen) atoms. The van der Waals surface area contributed by atoms with Crippen molar-refractivity contribution in [2.45, 2.75) is 13.3 Å². The Labute approximate surface area is 129 Å². The van der Waals surface area contributed by atoms with Crippen LogP contribution in [0.2, 0.25) is 5.28 Å². The maximum absolute atomic E-state index is 11.0. The third kappa shape index (κ3) is 2.71. The molecule has 3 heterocycles. The summed E-state index contributed by atoms with van der Waals surface area (Å²) < 4.78 is 10.6. The normalized spacial score (nSPS) is 10.8. The zero-order valence-corrected chi connectivity index (χ0v) is 12.2. The highest BCUT2D eigenvalue weighted by atomic mass is 35.5. The highest BCUT2D eigenvalue weighted by molar-refractivity contribution is 6.28. The Morgan fingerprint density at radius 3 is 2.86 bits per heavy atom. The summed E-state index contributed by atoms with van der Waals surface area (Å²) in [5, 5.41) is 9.11. The minimum absolute atomic E-state index is 0.0833. The lowest BCUT2D eigenvalue weighted by Crippen LogP contribution is -1.98. The Bertz CT molecular complexity index is 827. The number of hydrogen-bond acceptors (Lipinski definition) is 6. The van der Waals surface area contributed by atoms with E-state index < -0.39 is 5.97 Å². The monoisotopic (exact) mass is 319 g/mol. The average Bonchev–Trinajstić information content (AvgIpc) is 3.09. The van der Waals surface area contributed by atoms with Gasteiger partial charge in [0.05, 0.1) is 17.5 Å². The SMILES string of the molecule is Cc1cc(Cc2nc(Cl)ncc2-c2cnco2)oc1C(=O)O. The van der Waals surface area contributed by atoms with Gasteiger partial charge in [-0.15, -0.1) is 0 Å². The van der Waals surface area contributed by atoms with E-state index in [-0.39, 0.29) is 17.5 Å². The molecule has 112 valence electrons. The van der Waals surface area contributed by atoms with Crippen LogP contribution in [-0.4, -0.2) is 26.0 Å². The van der Waals surface area contributed by atoms with Crippen molar-refractivity contribution in [1.82, 2.24) is 15.0 Å². The number of aryl methyl sites for hydroxylation is 1. The van der Waals surface area contributed by atoms with Crippen LogP contribution < -0.4 is 0 Å². The number of furan rings is 1. The van der Waals surface area contributed by atoms with Gasteiger partial charge in [-0.1, -0.05) is 0 Å². The van der Waals surface area contributed by atoms with Gasteiger partial charge in [0.15, 0.2) is 12.2 Å². The van der Waals surface area contributed by atoms with Gasteiger partial charge in [-0.05, 0) is 24.6 Å². The molecule has 0 aliphatic heterocycles. The molecule has 0 aliphatic rings. The van der Waals surface area contributed by atoms with Crippen molar-refractivity contribution < 1.29 is 18.7 Å². The van der Waals surface area contributed by atoms with Gasteiger partial charge in [-0.25, -0.2) is 19.7 Å². The van der Waals surface area contributed by atoms with Crippen LogP contribution >= 0.6 is 11.6 Å². The second-order valence-corrected chi connectivity index (χ2v) is 4.91. The smallest absolute Gasteiger partial charge is 0.372 e. The lowest BCUT2D eigenvalue weighted by Gasteiger charge is -2.04. The number of carbonyl (C=O) groups is 1. The van der Waals surface area contributed by atoms with E-state index in [9.17, 15) is 4.79 Å². The summed E-state index contributed by atoms with van der Waals surface area (Å²) in [4.78, 5) is 23.0. The molecule has 0 spiro atoms. The number of carboxylic acids is 1. The molecule has 3 rings (SSSR count). The topological polar surface area (TPSA) is 102 Å². The van der Waals surface area contributed by atoms with Crippen LogP contribution in [0.1, 0.15) is 27.6 Å². The van der Waals surface area contributed by atoms with Crippen LogP contribution in [0, 0.1) is 6.92 Å². The Morgan fingerprint density at radius 2 is 2.23 bits per heavy atom. The molecule has 0 aromatic carbocycles. The summed E-state index contributed by atoms with van der Waals surface area (Å²) in [6.45, 7) is 1.67. The molecule has 0 aliphatic carbocycles. The molecule has 8 heteroatoms. The van der Waals surface area contributed by atoms with E-state index in [4.69, 9.17) is 25.5 Å². The molecule has 7 nitrogen and oxygen atoms in total. The number of aromatic nitrogens is 3. The van der Waals surface area contributed by atoms with Gasteiger partial charge < -0.3 is 13.9 Å². The molecule has 3 aromatic rings. The predicted octanol–water partition coefficient (Wildman–Crippen LogP) is 2.98. The summed E-state index contributed by atoms with van der Waals surface area (Å²) in [6, 6.07) is 1.66. The van der Waals surface area contributed by atoms with Crippen LogP contribution in [0.3, 0.4) is 0 Å². The van der Waals surface area contributed by atoms with Crippen molar-refractivity contribution in [3.8, 4) is 11.3 Å².